The van der Waals surface area contributed by atoms with Gasteiger partial charge < -0.3 is 15.2 Å². The van der Waals surface area contributed by atoms with Gasteiger partial charge >= 0.3 is 5.97 Å². The van der Waals surface area contributed by atoms with Crippen LogP contribution in [0.1, 0.15) is 23.3 Å². The second kappa shape index (κ2) is 4.31. The van der Waals surface area contributed by atoms with E-state index < -0.39 is 5.97 Å². The summed E-state index contributed by atoms with van der Waals surface area (Å²) >= 11 is 0. The summed E-state index contributed by atoms with van der Waals surface area (Å²) in [5.41, 5.74) is 5.67. The van der Waals surface area contributed by atoms with Gasteiger partial charge in [0.05, 0.1) is 13.2 Å². The molecule has 1 fully saturated rings. The van der Waals surface area contributed by atoms with Crippen molar-refractivity contribution in [3.8, 4) is 0 Å². The van der Waals surface area contributed by atoms with Gasteiger partial charge in [-0.1, -0.05) is 0 Å². The molecule has 1 aliphatic rings. The molecule has 2 heterocycles. The molecule has 0 aromatic carbocycles. The van der Waals surface area contributed by atoms with E-state index in [4.69, 9.17) is 15.2 Å². The van der Waals surface area contributed by atoms with Crippen LogP contribution in [0.25, 0.3) is 0 Å². The van der Waals surface area contributed by atoms with Gasteiger partial charge in [-0.15, -0.1) is 0 Å². The third-order valence-electron chi connectivity index (χ3n) is 2.26. The number of hydrogen-bond donors (Lipinski definition) is 2. The van der Waals surface area contributed by atoms with Crippen LogP contribution in [0, 0.1) is 0 Å². The van der Waals surface area contributed by atoms with E-state index >= 15 is 0 Å². The number of nitrogens with two attached hydrogens (primary N) is 1. The molecular formula is C9H13N3O3. The summed E-state index contributed by atoms with van der Waals surface area (Å²) in [6.45, 7) is 1.28. The minimum Gasteiger partial charge on any atom is -0.457 e. The zero-order valence-electron chi connectivity index (χ0n) is 8.23. The molecule has 2 rings (SSSR count). The van der Waals surface area contributed by atoms with Crippen LogP contribution in [0.2, 0.25) is 0 Å². The fourth-order valence-electron chi connectivity index (χ4n) is 1.45. The maximum atomic E-state index is 11.5. The van der Waals surface area contributed by atoms with Crippen LogP contribution < -0.4 is 5.73 Å². The number of aromatic amines is 1. The minimum atomic E-state index is -0.411. The highest BCUT2D eigenvalue weighted by atomic mass is 16.6. The number of anilines is 1. The number of carbonyl (C=O) groups is 1. The lowest BCUT2D eigenvalue weighted by Crippen LogP contribution is -2.26. The topological polar surface area (TPSA) is 90.2 Å². The Labute approximate surface area is 86.7 Å². The molecule has 6 heteroatoms. The van der Waals surface area contributed by atoms with Gasteiger partial charge in [0, 0.05) is 18.9 Å². The molecule has 1 aromatic rings. The monoisotopic (exact) mass is 211 g/mol. The van der Waals surface area contributed by atoms with Crippen LogP contribution in [-0.4, -0.2) is 35.5 Å². The Hall–Kier alpha value is -1.56. The van der Waals surface area contributed by atoms with Crippen molar-refractivity contribution in [2.24, 2.45) is 0 Å². The number of nitrogens with zero attached hydrogens (tertiary/aromatic N) is 1. The van der Waals surface area contributed by atoms with Gasteiger partial charge in [-0.05, 0) is 0 Å². The Morgan fingerprint density at radius 3 is 2.93 bits per heavy atom. The van der Waals surface area contributed by atoms with Gasteiger partial charge in [0.15, 0.2) is 0 Å². The van der Waals surface area contributed by atoms with Crippen LogP contribution in [0.3, 0.4) is 0 Å². The zero-order valence-corrected chi connectivity index (χ0v) is 8.23. The maximum Gasteiger partial charge on any atom is 0.356 e. The van der Waals surface area contributed by atoms with E-state index in [0.29, 0.717) is 18.9 Å². The number of nitrogens with one attached hydrogen (secondary N) is 1. The highest BCUT2D eigenvalue weighted by Crippen LogP contribution is 2.13. The SMILES string of the molecule is Nc1cc(C(=O)OC2CCOCC2)[nH]n1. The largest absolute Gasteiger partial charge is 0.457 e. The van der Waals surface area contributed by atoms with Gasteiger partial charge in [0.25, 0.3) is 0 Å². The molecule has 82 valence electrons. The Balaban J connectivity index is 1.91. The molecule has 3 N–H and O–H groups in total. The van der Waals surface area contributed by atoms with E-state index in [1.54, 1.807) is 0 Å². The van der Waals surface area contributed by atoms with Crippen molar-refractivity contribution >= 4 is 11.8 Å². The lowest BCUT2D eigenvalue weighted by atomic mass is 10.1. The molecule has 0 atom stereocenters. The fourth-order valence-corrected chi connectivity index (χ4v) is 1.45. The molecule has 0 radical (unpaired) electrons. The summed E-state index contributed by atoms with van der Waals surface area (Å²) in [7, 11) is 0. The Morgan fingerprint density at radius 1 is 1.60 bits per heavy atom. The number of ether oxygens (including phenoxy) is 2. The van der Waals surface area contributed by atoms with E-state index in [-0.39, 0.29) is 11.9 Å². The quantitative estimate of drug-likeness (QED) is 0.688. The average molecular weight is 211 g/mol. The lowest BCUT2D eigenvalue weighted by Gasteiger charge is -2.21. The fraction of sp³-hybridized carbons (Fsp3) is 0.556. The summed E-state index contributed by atoms with van der Waals surface area (Å²) in [5.74, 6) is -0.125. The molecule has 6 nitrogen and oxygen atoms in total. The number of nitrogen functional groups attached to an aromatic ring is 1. The third-order valence-corrected chi connectivity index (χ3v) is 2.26. The zero-order chi connectivity index (χ0) is 10.7. The lowest BCUT2D eigenvalue weighted by molar-refractivity contribution is -0.0163. The van der Waals surface area contributed by atoms with E-state index in [0.717, 1.165) is 12.8 Å². The minimum absolute atomic E-state index is 0.0595. The molecule has 15 heavy (non-hydrogen) atoms. The van der Waals surface area contributed by atoms with Crippen molar-refractivity contribution in [1.82, 2.24) is 10.2 Å². The standard InChI is InChI=1S/C9H13N3O3/c10-8-5-7(11-12-8)9(13)15-6-1-3-14-4-2-6/h5-6H,1-4H2,(H3,10,11,12). The molecular weight excluding hydrogens is 198 g/mol. The summed E-state index contributed by atoms with van der Waals surface area (Å²) in [4.78, 5) is 11.5. The van der Waals surface area contributed by atoms with E-state index in [2.05, 4.69) is 10.2 Å². The first-order chi connectivity index (χ1) is 7.25. The van der Waals surface area contributed by atoms with Gasteiger partial charge in [-0.25, -0.2) is 4.79 Å². The first-order valence-electron chi connectivity index (χ1n) is 4.85. The number of H-pyrrole nitrogens is 1. The molecule has 1 aromatic heterocycles. The molecule has 0 aliphatic carbocycles. The summed E-state index contributed by atoms with van der Waals surface area (Å²) in [5, 5.41) is 6.17. The van der Waals surface area contributed by atoms with Crippen molar-refractivity contribution in [2.75, 3.05) is 18.9 Å². The van der Waals surface area contributed by atoms with E-state index in [1.807, 2.05) is 0 Å². The van der Waals surface area contributed by atoms with E-state index in [1.165, 1.54) is 6.07 Å². The maximum absolute atomic E-state index is 11.5. The smallest absolute Gasteiger partial charge is 0.356 e. The van der Waals surface area contributed by atoms with Crippen LogP contribution >= 0.6 is 0 Å². The molecule has 0 saturated carbocycles. The molecule has 0 spiro atoms. The molecule has 0 unspecified atom stereocenters. The molecule has 0 bridgehead atoms. The number of carbonyl (C=O) groups excluding carboxylic acids is 1. The van der Waals surface area contributed by atoms with Crippen molar-refractivity contribution in [3.05, 3.63) is 11.8 Å². The van der Waals surface area contributed by atoms with Crippen LogP contribution in [0.4, 0.5) is 5.82 Å². The normalized spacial score (nSPS) is 17.6. The summed E-state index contributed by atoms with van der Waals surface area (Å²) in [6, 6.07) is 1.46. The predicted octanol–water partition coefficient (Wildman–Crippen LogP) is 0.328. The number of rotatable bonds is 2. The molecule has 0 amide bonds. The van der Waals surface area contributed by atoms with Gasteiger partial charge in [-0.2, -0.15) is 5.10 Å². The van der Waals surface area contributed by atoms with Crippen LogP contribution in [0.5, 0.6) is 0 Å². The van der Waals surface area contributed by atoms with Crippen molar-refractivity contribution in [3.63, 3.8) is 0 Å². The first kappa shape index (κ1) is 9.97. The Kier molecular flexibility index (Phi) is 2.86. The Bertz CT molecular complexity index is 344. The van der Waals surface area contributed by atoms with Gasteiger partial charge in [-0.3, -0.25) is 5.10 Å². The number of esters is 1. The highest BCUT2D eigenvalue weighted by molar-refractivity contribution is 5.88. The summed E-state index contributed by atoms with van der Waals surface area (Å²) < 4.78 is 10.4. The number of aromatic nitrogens is 2. The number of hydrogen-bond acceptors (Lipinski definition) is 5. The van der Waals surface area contributed by atoms with Crippen LogP contribution in [-0.2, 0) is 9.47 Å². The highest BCUT2D eigenvalue weighted by Gasteiger charge is 2.20. The van der Waals surface area contributed by atoms with Crippen molar-refractivity contribution < 1.29 is 14.3 Å². The van der Waals surface area contributed by atoms with E-state index in [9.17, 15) is 4.79 Å². The second-order valence-electron chi connectivity index (χ2n) is 3.42. The molecule has 1 aliphatic heterocycles. The van der Waals surface area contributed by atoms with Gasteiger partial charge in [0.2, 0.25) is 0 Å². The Morgan fingerprint density at radius 2 is 2.33 bits per heavy atom. The first-order valence-corrected chi connectivity index (χ1v) is 4.85. The predicted molar refractivity (Wildman–Crippen MR) is 52.3 cm³/mol. The van der Waals surface area contributed by atoms with Gasteiger partial charge in [0.1, 0.15) is 17.6 Å². The summed E-state index contributed by atoms with van der Waals surface area (Å²) in [6.07, 6.45) is 1.43. The second-order valence-corrected chi connectivity index (χ2v) is 3.42. The van der Waals surface area contributed by atoms with Crippen molar-refractivity contribution in [2.45, 2.75) is 18.9 Å². The third kappa shape index (κ3) is 2.47. The average Bonchev–Trinajstić information content (AvgIpc) is 2.66. The molecule has 1 saturated heterocycles. The van der Waals surface area contributed by atoms with Crippen molar-refractivity contribution in [1.29, 1.82) is 0 Å². The van der Waals surface area contributed by atoms with Crippen LogP contribution in [0.15, 0.2) is 6.07 Å².